The molecule has 0 heterocycles. The van der Waals surface area contributed by atoms with Crippen LogP contribution in [0.5, 0.6) is 11.5 Å². The molecule has 0 aliphatic carbocycles. The Kier molecular flexibility index (Phi) is 5.72. The first-order chi connectivity index (χ1) is 8.01. The van der Waals surface area contributed by atoms with Crippen molar-refractivity contribution < 1.29 is 20.1 Å². The molecule has 96 valence electrons. The second-order valence-corrected chi connectivity index (χ2v) is 4.95. The van der Waals surface area contributed by atoms with Crippen molar-refractivity contribution in [1.82, 2.24) is 0 Å². The highest BCUT2D eigenvalue weighted by molar-refractivity contribution is 9.10. The van der Waals surface area contributed by atoms with Gasteiger partial charge in [-0.3, -0.25) is 0 Å². The molecule has 4 nitrogen and oxygen atoms in total. The summed E-state index contributed by atoms with van der Waals surface area (Å²) in [7, 11) is 0. The van der Waals surface area contributed by atoms with Gasteiger partial charge >= 0.3 is 0 Å². The van der Waals surface area contributed by atoms with Gasteiger partial charge in [0, 0.05) is 5.33 Å². The van der Waals surface area contributed by atoms with Crippen LogP contribution in [0.3, 0.4) is 0 Å². The van der Waals surface area contributed by atoms with E-state index in [0.29, 0.717) is 16.6 Å². The summed E-state index contributed by atoms with van der Waals surface area (Å²) in [6.07, 6.45) is -1.95. The summed E-state index contributed by atoms with van der Waals surface area (Å²) in [6, 6.07) is 3.06. The zero-order valence-corrected chi connectivity index (χ0v) is 12.4. The summed E-state index contributed by atoms with van der Waals surface area (Å²) >= 11 is 6.26. The molecule has 2 atom stereocenters. The van der Waals surface area contributed by atoms with E-state index >= 15 is 0 Å². The van der Waals surface area contributed by atoms with E-state index in [-0.39, 0.29) is 16.8 Å². The number of aliphatic hydroxyl groups is 2. The lowest BCUT2D eigenvalue weighted by Crippen LogP contribution is -2.19. The number of hydrogen-bond acceptors (Lipinski definition) is 4. The molecule has 0 amide bonds. The first-order valence-corrected chi connectivity index (χ1v) is 7.00. The third-order valence-electron chi connectivity index (χ3n) is 2.21. The highest BCUT2D eigenvalue weighted by Gasteiger charge is 2.20. The lowest BCUT2D eigenvalue weighted by atomic mass is 10.0. The molecular formula is C11H14Br2O4. The summed E-state index contributed by atoms with van der Waals surface area (Å²) in [5.74, 6) is 0.258. The van der Waals surface area contributed by atoms with Crippen molar-refractivity contribution >= 4 is 31.9 Å². The molecule has 0 radical (unpaired) electrons. The van der Waals surface area contributed by atoms with E-state index in [4.69, 9.17) is 4.74 Å². The monoisotopic (exact) mass is 368 g/mol. The molecule has 1 rings (SSSR count). The third-order valence-corrected chi connectivity index (χ3v) is 3.48. The number of phenolic OH excluding ortho intramolecular Hbond substituents is 1. The Bertz CT molecular complexity index is 384. The van der Waals surface area contributed by atoms with Gasteiger partial charge in [-0.2, -0.15) is 0 Å². The normalized spacial score (nSPS) is 14.4. The van der Waals surface area contributed by atoms with Crippen molar-refractivity contribution in [3.63, 3.8) is 0 Å². The number of aromatic hydroxyl groups is 1. The van der Waals surface area contributed by atoms with Crippen molar-refractivity contribution in [1.29, 1.82) is 0 Å². The predicted molar refractivity (Wildman–Crippen MR) is 71.7 cm³/mol. The van der Waals surface area contributed by atoms with Gasteiger partial charge in [0.2, 0.25) is 0 Å². The molecule has 1 aromatic carbocycles. The van der Waals surface area contributed by atoms with Gasteiger partial charge in [-0.15, -0.1) is 0 Å². The fourth-order valence-electron chi connectivity index (χ4n) is 1.34. The average molecular weight is 370 g/mol. The summed E-state index contributed by atoms with van der Waals surface area (Å²) in [4.78, 5) is 0. The number of rotatable bonds is 5. The van der Waals surface area contributed by atoms with Gasteiger partial charge in [-0.1, -0.05) is 15.9 Å². The predicted octanol–water partition coefficient (Wildman–Crippen LogP) is 2.34. The van der Waals surface area contributed by atoms with Crippen LogP contribution in [0.4, 0.5) is 0 Å². The maximum Gasteiger partial charge on any atom is 0.172 e. The molecule has 0 saturated carbocycles. The molecular weight excluding hydrogens is 356 g/mol. The molecule has 0 bridgehead atoms. The van der Waals surface area contributed by atoms with Crippen molar-refractivity contribution in [3.05, 3.63) is 22.2 Å². The fraction of sp³-hybridized carbons (Fsp3) is 0.455. The zero-order chi connectivity index (χ0) is 13.0. The summed E-state index contributed by atoms with van der Waals surface area (Å²) in [5.41, 5.74) is 0.477. The van der Waals surface area contributed by atoms with E-state index in [9.17, 15) is 15.3 Å². The first-order valence-electron chi connectivity index (χ1n) is 5.08. The van der Waals surface area contributed by atoms with E-state index in [1.807, 2.05) is 0 Å². The second kappa shape index (κ2) is 6.58. The van der Waals surface area contributed by atoms with Gasteiger partial charge in [-0.05, 0) is 40.5 Å². The van der Waals surface area contributed by atoms with Crippen LogP contribution < -0.4 is 4.74 Å². The van der Waals surface area contributed by atoms with Crippen LogP contribution >= 0.6 is 31.9 Å². The SMILES string of the molecule is CCOc1cc(C(O)C(O)CBr)cc(Br)c1O. The van der Waals surface area contributed by atoms with Crippen LogP contribution in [0.2, 0.25) is 0 Å². The Balaban J connectivity index is 3.09. The molecule has 6 heteroatoms. The summed E-state index contributed by atoms with van der Waals surface area (Å²) in [5, 5.41) is 29.4. The minimum absolute atomic E-state index is 0.0175. The smallest absolute Gasteiger partial charge is 0.172 e. The molecule has 0 aliphatic heterocycles. The number of hydrogen-bond donors (Lipinski definition) is 3. The van der Waals surface area contributed by atoms with E-state index < -0.39 is 12.2 Å². The minimum atomic E-state index is -1.04. The van der Waals surface area contributed by atoms with Crippen molar-refractivity contribution in [2.45, 2.75) is 19.1 Å². The number of ether oxygens (including phenoxy) is 1. The molecule has 0 saturated heterocycles. The van der Waals surface area contributed by atoms with Crippen LogP contribution in [0, 0.1) is 0 Å². The molecule has 1 aromatic rings. The van der Waals surface area contributed by atoms with E-state index in [0.717, 1.165) is 0 Å². The van der Waals surface area contributed by atoms with Gasteiger partial charge < -0.3 is 20.1 Å². The van der Waals surface area contributed by atoms with Crippen molar-refractivity contribution in [2.75, 3.05) is 11.9 Å². The van der Waals surface area contributed by atoms with Crippen LogP contribution in [0.25, 0.3) is 0 Å². The van der Waals surface area contributed by atoms with Gasteiger partial charge in [0.25, 0.3) is 0 Å². The highest BCUT2D eigenvalue weighted by Crippen LogP contribution is 2.37. The van der Waals surface area contributed by atoms with Crippen LogP contribution in [0.1, 0.15) is 18.6 Å². The van der Waals surface area contributed by atoms with E-state index in [1.54, 1.807) is 13.0 Å². The molecule has 2 unspecified atom stereocenters. The molecule has 0 aliphatic rings. The van der Waals surface area contributed by atoms with Crippen LogP contribution in [-0.2, 0) is 0 Å². The molecule has 0 fully saturated rings. The highest BCUT2D eigenvalue weighted by atomic mass is 79.9. The minimum Gasteiger partial charge on any atom is -0.503 e. The number of phenols is 1. The van der Waals surface area contributed by atoms with Crippen LogP contribution in [0.15, 0.2) is 16.6 Å². The molecule has 0 spiro atoms. The summed E-state index contributed by atoms with van der Waals surface area (Å²) < 4.78 is 5.65. The Morgan fingerprint density at radius 1 is 1.35 bits per heavy atom. The van der Waals surface area contributed by atoms with Crippen molar-refractivity contribution in [2.24, 2.45) is 0 Å². The Labute approximate surface area is 116 Å². The second-order valence-electron chi connectivity index (χ2n) is 3.45. The van der Waals surface area contributed by atoms with Gasteiger partial charge in [-0.25, -0.2) is 0 Å². The standard InChI is InChI=1S/C11H14Br2O4/c1-2-17-9-4-6(3-7(13)11(9)16)10(15)8(14)5-12/h3-4,8,10,14-16H,2,5H2,1H3. The zero-order valence-electron chi connectivity index (χ0n) is 9.23. The quantitative estimate of drug-likeness (QED) is 0.697. The number of benzene rings is 1. The van der Waals surface area contributed by atoms with E-state index in [2.05, 4.69) is 31.9 Å². The molecule has 0 aromatic heterocycles. The fourth-order valence-corrected chi connectivity index (χ4v) is 2.15. The van der Waals surface area contributed by atoms with Gasteiger partial charge in [0.1, 0.15) is 6.10 Å². The number of alkyl halides is 1. The number of halogens is 2. The first kappa shape index (κ1) is 14.8. The lowest BCUT2D eigenvalue weighted by molar-refractivity contribution is 0.0340. The van der Waals surface area contributed by atoms with E-state index in [1.165, 1.54) is 6.07 Å². The number of aliphatic hydroxyl groups excluding tert-OH is 2. The van der Waals surface area contributed by atoms with Gasteiger partial charge in [0.05, 0.1) is 17.2 Å². The Morgan fingerprint density at radius 2 is 2.00 bits per heavy atom. The average Bonchev–Trinajstić information content (AvgIpc) is 2.33. The molecule has 17 heavy (non-hydrogen) atoms. The maximum absolute atomic E-state index is 9.86. The maximum atomic E-state index is 9.86. The largest absolute Gasteiger partial charge is 0.503 e. The van der Waals surface area contributed by atoms with Crippen LogP contribution in [-0.4, -0.2) is 33.4 Å². The lowest BCUT2D eigenvalue weighted by Gasteiger charge is -2.18. The topological polar surface area (TPSA) is 69.9 Å². The van der Waals surface area contributed by atoms with Crippen molar-refractivity contribution in [3.8, 4) is 11.5 Å². The summed E-state index contributed by atoms with van der Waals surface area (Å²) in [6.45, 7) is 2.20. The van der Waals surface area contributed by atoms with Gasteiger partial charge in [0.15, 0.2) is 11.5 Å². The molecule has 3 N–H and O–H groups in total. The third kappa shape index (κ3) is 3.58. The Morgan fingerprint density at radius 3 is 2.53 bits per heavy atom. The Hall–Kier alpha value is -0.300.